The van der Waals surface area contributed by atoms with Gasteiger partial charge in [0.15, 0.2) is 11.0 Å². The van der Waals surface area contributed by atoms with Crippen molar-refractivity contribution >= 4 is 11.8 Å². The van der Waals surface area contributed by atoms with Crippen LogP contribution in [0.5, 0.6) is 11.5 Å². The minimum absolute atomic E-state index is 0.542. The minimum Gasteiger partial charge on any atom is -0.497 e. The fourth-order valence-electron chi connectivity index (χ4n) is 2.35. The monoisotopic (exact) mass is 361 g/mol. The maximum Gasteiger partial charge on any atom is 0.226 e. The highest BCUT2D eigenvalue weighted by Crippen LogP contribution is 2.31. The molecule has 9 heteroatoms. The van der Waals surface area contributed by atoms with Crippen molar-refractivity contribution in [2.45, 2.75) is 31.3 Å². The van der Waals surface area contributed by atoms with Crippen molar-refractivity contribution in [1.29, 1.82) is 0 Å². The van der Waals surface area contributed by atoms with Crippen molar-refractivity contribution in [3.63, 3.8) is 0 Å². The number of nitrogens with zero attached hydrogens (tertiary/aromatic N) is 5. The molecule has 25 heavy (non-hydrogen) atoms. The van der Waals surface area contributed by atoms with E-state index in [0.29, 0.717) is 29.0 Å². The maximum atomic E-state index is 5.40. The van der Waals surface area contributed by atoms with E-state index in [1.165, 1.54) is 11.8 Å². The van der Waals surface area contributed by atoms with E-state index in [2.05, 4.69) is 20.4 Å². The molecule has 8 nitrogen and oxygen atoms in total. The molecule has 0 unspecified atom stereocenters. The molecule has 0 aliphatic heterocycles. The molecular weight excluding hydrogens is 342 g/mol. The Morgan fingerprint density at radius 2 is 1.76 bits per heavy atom. The molecule has 0 aliphatic rings. The van der Waals surface area contributed by atoms with Crippen LogP contribution in [0.25, 0.3) is 11.4 Å². The van der Waals surface area contributed by atoms with Crippen LogP contribution in [-0.2, 0) is 12.3 Å². The van der Waals surface area contributed by atoms with Gasteiger partial charge in [-0.15, -0.1) is 20.4 Å². The Morgan fingerprint density at radius 1 is 1.04 bits per heavy atom. The molecule has 132 valence electrons. The fourth-order valence-corrected chi connectivity index (χ4v) is 3.19. The van der Waals surface area contributed by atoms with Gasteiger partial charge in [0.25, 0.3) is 0 Å². The van der Waals surface area contributed by atoms with Crippen molar-refractivity contribution in [2.24, 2.45) is 0 Å². The second-order valence-corrected chi connectivity index (χ2v) is 6.10. The van der Waals surface area contributed by atoms with E-state index in [1.807, 2.05) is 29.7 Å². The lowest BCUT2D eigenvalue weighted by Crippen LogP contribution is -2.00. The van der Waals surface area contributed by atoms with Crippen LogP contribution in [0.2, 0.25) is 0 Å². The molecule has 0 bridgehead atoms. The first-order valence-corrected chi connectivity index (χ1v) is 8.71. The number of methoxy groups -OCH3 is 2. The minimum atomic E-state index is 0.542. The summed E-state index contributed by atoms with van der Waals surface area (Å²) in [4.78, 5) is 0. The molecule has 2 heterocycles. The third kappa shape index (κ3) is 3.76. The molecule has 0 spiro atoms. The standard InChI is InChI=1S/C16H19N5O3S/c1-5-21-15(11-6-12(22-3)8-13(7-11)23-4)19-20-16(21)25-9-14-18-17-10(2)24-14/h6-8H,5,9H2,1-4H3. The van der Waals surface area contributed by atoms with Gasteiger partial charge in [0.2, 0.25) is 11.8 Å². The lowest BCUT2D eigenvalue weighted by Gasteiger charge is -2.10. The Kier molecular flexibility index (Phi) is 5.22. The van der Waals surface area contributed by atoms with Crippen LogP contribution >= 0.6 is 11.8 Å². The Hall–Kier alpha value is -2.55. The van der Waals surface area contributed by atoms with Crippen LogP contribution in [0, 0.1) is 6.92 Å². The molecule has 0 N–H and O–H groups in total. The van der Waals surface area contributed by atoms with E-state index in [1.54, 1.807) is 21.1 Å². The predicted octanol–water partition coefficient (Wildman–Crippen LogP) is 2.97. The van der Waals surface area contributed by atoms with Gasteiger partial charge in [-0.05, 0) is 19.1 Å². The van der Waals surface area contributed by atoms with E-state index in [-0.39, 0.29) is 0 Å². The summed E-state index contributed by atoms with van der Waals surface area (Å²) in [5, 5.41) is 17.3. The van der Waals surface area contributed by atoms with E-state index in [9.17, 15) is 0 Å². The summed E-state index contributed by atoms with van der Waals surface area (Å²) in [7, 11) is 3.24. The highest BCUT2D eigenvalue weighted by Gasteiger charge is 2.16. The van der Waals surface area contributed by atoms with E-state index in [4.69, 9.17) is 13.9 Å². The quantitative estimate of drug-likeness (QED) is 0.594. The summed E-state index contributed by atoms with van der Waals surface area (Å²) >= 11 is 1.50. The molecule has 0 atom stereocenters. The van der Waals surface area contributed by atoms with Crippen LogP contribution in [0.4, 0.5) is 0 Å². The van der Waals surface area contributed by atoms with E-state index < -0.39 is 0 Å². The first kappa shape index (κ1) is 17.3. The van der Waals surface area contributed by atoms with Crippen LogP contribution in [0.1, 0.15) is 18.7 Å². The summed E-state index contributed by atoms with van der Waals surface area (Å²) in [6, 6.07) is 5.65. The lowest BCUT2D eigenvalue weighted by molar-refractivity contribution is 0.394. The second kappa shape index (κ2) is 7.56. The second-order valence-electron chi connectivity index (χ2n) is 5.16. The van der Waals surface area contributed by atoms with Crippen molar-refractivity contribution in [3.8, 4) is 22.9 Å². The number of thioether (sulfide) groups is 1. The highest BCUT2D eigenvalue weighted by atomic mass is 32.2. The van der Waals surface area contributed by atoms with Gasteiger partial charge >= 0.3 is 0 Å². The van der Waals surface area contributed by atoms with Crippen LogP contribution in [0.3, 0.4) is 0 Å². The number of benzene rings is 1. The van der Waals surface area contributed by atoms with E-state index >= 15 is 0 Å². The average Bonchev–Trinajstić information content (AvgIpc) is 3.24. The SMILES string of the molecule is CCn1c(SCc2nnc(C)o2)nnc1-c1cc(OC)cc(OC)c1. The Balaban J connectivity index is 1.89. The van der Waals surface area contributed by atoms with Gasteiger partial charge < -0.3 is 18.5 Å². The zero-order valence-corrected chi connectivity index (χ0v) is 15.3. The Labute approximate surface area is 149 Å². The molecule has 3 rings (SSSR count). The highest BCUT2D eigenvalue weighted by molar-refractivity contribution is 7.98. The normalized spacial score (nSPS) is 10.9. The van der Waals surface area contributed by atoms with Crippen molar-refractivity contribution in [2.75, 3.05) is 14.2 Å². The summed E-state index contributed by atoms with van der Waals surface area (Å²) < 4.78 is 18.1. The molecule has 1 aromatic carbocycles. The number of hydrogen-bond acceptors (Lipinski definition) is 8. The molecule has 3 aromatic rings. The topological polar surface area (TPSA) is 88.1 Å². The number of aryl methyl sites for hydroxylation is 1. The van der Waals surface area contributed by atoms with Crippen LogP contribution in [0.15, 0.2) is 27.8 Å². The summed E-state index contributed by atoms with van der Waals surface area (Å²) in [5.74, 6) is 3.82. The summed E-state index contributed by atoms with van der Waals surface area (Å²) in [6.07, 6.45) is 0. The van der Waals surface area contributed by atoms with Gasteiger partial charge in [-0.2, -0.15) is 0 Å². The number of rotatable bonds is 7. The number of aromatic nitrogens is 5. The van der Waals surface area contributed by atoms with E-state index in [0.717, 1.165) is 23.1 Å². The smallest absolute Gasteiger partial charge is 0.226 e. The van der Waals surface area contributed by atoms with Gasteiger partial charge in [-0.3, -0.25) is 0 Å². The molecule has 0 saturated heterocycles. The maximum absolute atomic E-state index is 5.40. The lowest BCUT2D eigenvalue weighted by atomic mass is 10.2. The van der Waals surface area contributed by atoms with Gasteiger partial charge in [0.1, 0.15) is 11.5 Å². The number of hydrogen-bond donors (Lipinski definition) is 0. The Morgan fingerprint density at radius 3 is 2.32 bits per heavy atom. The molecule has 0 amide bonds. The van der Waals surface area contributed by atoms with Gasteiger partial charge in [-0.25, -0.2) is 0 Å². The number of ether oxygens (including phenoxy) is 2. The van der Waals surface area contributed by atoms with Gasteiger partial charge in [-0.1, -0.05) is 11.8 Å². The van der Waals surface area contributed by atoms with Crippen molar-refractivity contribution in [1.82, 2.24) is 25.0 Å². The van der Waals surface area contributed by atoms with Gasteiger partial charge in [0, 0.05) is 25.1 Å². The Bertz CT molecular complexity index is 839. The average molecular weight is 361 g/mol. The largest absolute Gasteiger partial charge is 0.497 e. The van der Waals surface area contributed by atoms with Crippen LogP contribution < -0.4 is 9.47 Å². The molecule has 2 aromatic heterocycles. The molecule has 0 radical (unpaired) electrons. The zero-order chi connectivity index (χ0) is 17.8. The predicted molar refractivity (Wildman–Crippen MR) is 92.8 cm³/mol. The van der Waals surface area contributed by atoms with Crippen molar-refractivity contribution in [3.05, 3.63) is 30.0 Å². The first-order valence-electron chi connectivity index (χ1n) is 7.73. The summed E-state index contributed by atoms with van der Waals surface area (Å²) in [5.41, 5.74) is 0.881. The molecule has 0 fully saturated rings. The van der Waals surface area contributed by atoms with Crippen molar-refractivity contribution < 1.29 is 13.9 Å². The molecular formula is C16H19N5O3S. The summed E-state index contributed by atoms with van der Waals surface area (Å²) in [6.45, 7) is 4.54. The zero-order valence-electron chi connectivity index (χ0n) is 14.5. The molecule has 0 saturated carbocycles. The molecule has 0 aliphatic carbocycles. The first-order chi connectivity index (χ1) is 12.1. The third-order valence-corrected chi connectivity index (χ3v) is 4.49. The fraction of sp³-hybridized carbons (Fsp3) is 0.375. The van der Waals surface area contributed by atoms with Crippen LogP contribution in [-0.4, -0.2) is 39.2 Å². The van der Waals surface area contributed by atoms with Gasteiger partial charge in [0.05, 0.1) is 20.0 Å². The third-order valence-electron chi connectivity index (χ3n) is 3.54.